The fourth-order valence-electron chi connectivity index (χ4n) is 4.19. The van der Waals surface area contributed by atoms with Crippen molar-refractivity contribution < 1.29 is 45.3 Å². The molecule has 12 heteroatoms. The third-order valence-corrected chi connectivity index (χ3v) is 6.41. The number of esters is 1. The number of nitrogens with one attached hydrogen (secondary N) is 1. The molecule has 0 spiro atoms. The summed E-state index contributed by atoms with van der Waals surface area (Å²) < 4.78 is 97.1. The maximum absolute atomic E-state index is 13.6. The summed E-state index contributed by atoms with van der Waals surface area (Å²) in [5.41, 5.74) is -3.23. The maximum atomic E-state index is 13.6. The van der Waals surface area contributed by atoms with Gasteiger partial charge < -0.3 is 19.5 Å². The minimum Gasteiger partial charge on any atom is -0.492 e. The average Bonchev–Trinajstić information content (AvgIpc) is 2.89. The van der Waals surface area contributed by atoms with Crippen LogP contribution in [0.3, 0.4) is 0 Å². The van der Waals surface area contributed by atoms with Crippen molar-refractivity contribution >= 4 is 11.7 Å². The summed E-state index contributed by atoms with van der Waals surface area (Å²) in [5, 5.41) is 2.66. The summed E-state index contributed by atoms with van der Waals surface area (Å²) in [6, 6.07) is 8.56. The Bertz CT molecular complexity index is 1360. The van der Waals surface area contributed by atoms with Crippen molar-refractivity contribution in [3.63, 3.8) is 0 Å². The third kappa shape index (κ3) is 10.5. The molecule has 3 rings (SSSR count). The number of allylic oxidation sites excluding steroid dienone is 2. The molecule has 1 aliphatic rings. The molecule has 0 amide bonds. The standard InChI is InChI=1S/C32H38F6N2O4/c1-21-7-11-25(42-20-21)19-40(16-15-39-27-14-10-23(31(33,34)35)17-26(27)32(36,37)38)18-22-8-12-24(13-9-22)43-30(5,6)28(41)44-29(2,3)4/h7-14,17,39H,15-16,18-20H2,1-6H3. The summed E-state index contributed by atoms with van der Waals surface area (Å²) in [5.74, 6) is 0.596. The van der Waals surface area contributed by atoms with E-state index in [1.807, 2.05) is 24.0 Å². The van der Waals surface area contributed by atoms with Gasteiger partial charge in [0.15, 0.2) is 5.60 Å². The van der Waals surface area contributed by atoms with E-state index in [2.05, 4.69) is 5.32 Å². The summed E-state index contributed by atoms with van der Waals surface area (Å²) >= 11 is 0. The van der Waals surface area contributed by atoms with E-state index in [-0.39, 0.29) is 19.2 Å². The van der Waals surface area contributed by atoms with E-state index in [1.165, 1.54) is 0 Å². The predicted molar refractivity (Wildman–Crippen MR) is 155 cm³/mol. The lowest BCUT2D eigenvalue weighted by molar-refractivity contribution is -0.171. The number of nitrogens with zero attached hydrogens (tertiary/aromatic N) is 1. The minimum atomic E-state index is -4.98. The SMILES string of the molecule is CC1=CC=C(CN(CCNc2ccc(C(F)(F)F)cc2C(F)(F)F)Cc2ccc(OC(C)(C)C(=O)OC(C)(C)C)cc2)OC1. The molecule has 0 saturated carbocycles. The number of hydrogen-bond acceptors (Lipinski definition) is 6. The van der Waals surface area contributed by atoms with Crippen LogP contribution >= 0.6 is 0 Å². The van der Waals surface area contributed by atoms with Crippen molar-refractivity contribution in [3.05, 3.63) is 82.6 Å². The molecule has 0 saturated heterocycles. The summed E-state index contributed by atoms with van der Waals surface area (Å²) in [6.07, 6.45) is -6.13. The van der Waals surface area contributed by atoms with Gasteiger partial charge in [0.1, 0.15) is 23.7 Å². The van der Waals surface area contributed by atoms with Crippen molar-refractivity contribution in [1.82, 2.24) is 4.90 Å². The Morgan fingerprint density at radius 3 is 2.11 bits per heavy atom. The molecule has 0 bridgehead atoms. The predicted octanol–water partition coefficient (Wildman–Crippen LogP) is 8.00. The maximum Gasteiger partial charge on any atom is 0.418 e. The van der Waals surface area contributed by atoms with E-state index in [4.69, 9.17) is 14.2 Å². The van der Waals surface area contributed by atoms with Gasteiger partial charge in [0, 0.05) is 25.3 Å². The van der Waals surface area contributed by atoms with Crippen molar-refractivity contribution in [3.8, 4) is 5.75 Å². The van der Waals surface area contributed by atoms with Gasteiger partial charge in [0.2, 0.25) is 0 Å². The average molecular weight is 629 g/mol. The highest BCUT2D eigenvalue weighted by molar-refractivity contribution is 5.79. The second-order valence-electron chi connectivity index (χ2n) is 12.1. The first-order chi connectivity index (χ1) is 20.2. The van der Waals surface area contributed by atoms with Crippen LogP contribution in [0.25, 0.3) is 0 Å². The van der Waals surface area contributed by atoms with Crippen LogP contribution < -0.4 is 10.1 Å². The van der Waals surface area contributed by atoms with Crippen LogP contribution in [0.15, 0.2) is 65.9 Å². The lowest BCUT2D eigenvalue weighted by Crippen LogP contribution is -2.43. The second-order valence-corrected chi connectivity index (χ2v) is 12.1. The fraction of sp³-hybridized carbons (Fsp3) is 0.469. The van der Waals surface area contributed by atoms with Gasteiger partial charge in [-0.3, -0.25) is 4.90 Å². The molecule has 44 heavy (non-hydrogen) atoms. The molecule has 0 radical (unpaired) electrons. The topological polar surface area (TPSA) is 60.0 Å². The molecule has 0 aliphatic carbocycles. The highest BCUT2D eigenvalue weighted by atomic mass is 19.4. The van der Waals surface area contributed by atoms with Gasteiger partial charge in [-0.15, -0.1) is 0 Å². The molecule has 1 heterocycles. The van der Waals surface area contributed by atoms with Crippen molar-refractivity contribution in [2.45, 2.75) is 71.6 Å². The van der Waals surface area contributed by atoms with Crippen LogP contribution in [-0.2, 0) is 33.2 Å². The van der Waals surface area contributed by atoms with Crippen molar-refractivity contribution in [2.75, 3.05) is 31.6 Å². The first kappa shape index (κ1) is 34.8. The van der Waals surface area contributed by atoms with E-state index in [9.17, 15) is 31.1 Å². The van der Waals surface area contributed by atoms with Gasteiger partial charge in [0.05, 0.1) is 17.7 Å². The van der Waals surface area contributed by atoms with Crippen LogP contribution in [0.2, 0.25) is 0 Å². The number of alkyl halides is 6. The molecular weight excluding hydrogens is 590 g/mol. The van der Waals surface area contributed by atoms with Gasteiger partial charge in [-0.25, -0.2) is 4.79 Å². The molecular formula is C32H38F6N2O4. The van der Waals surface area contributed by atoms with Crippen LogP contribution in [-0.4, -0.2) is 48.3 Å². The second kappa shape index (κ2) is 13.5. The Morgan fingerprint density at radius 2 is 1.57 bits per heavy atom. The Morgan fingerprint density at radius 1 is 0.909 bits per heavy atom. The molecule has 0 aromatic heterocycles. The minimum absolute atomic E-state index is 0.0157. The lowest BCUT2D eigenvalue weighted by Gasteiger charge is -2.29. The quantitative estimate of drug-likeness (QED) is 0.201. The van der Waals surface area contributed by atoms with Crippen LogP contribution in [0.1, 0.15) is 58.2 Å². The van der Waals surface area contributed by atoms with E-state index < -0.39 is 46.3 Å². The summed E-state index contributed by atoms with van der Waals surface area (Å²) in [7, 11) is 0. The van der Waals surface area contributed by atoms with Crippen LogP contribution in [0.4, 0.5) is 32.0 Å². The highest BCUT2D eigenvalue weighted by Gasteiger charge is 2.38. The highest BCUT2D eigenvalue weighted by Crippen LogP contribution is 2.39. The first-order valence-electron chi connectivity index (χ1n) is 14.0. The number of rotatable bonds is 11. The van der Waals surface area contributed by atoms with Gasteiger partial charge in [0.25, 0.3) is 0 Å². The number of carbonyl (C=O) groups is 1. The van der Waals surface area contributed by atoms with Gasteiger partial charge in [-0.2, -0.15) is 26.3 Å². The van der Waals surface area contributed by atoms with Crippen LogP contribution in [0.5, 0.6) is 5.75 Å². The number of ether oxygens (including phenoxy) is 3. The van der Waals surface area contributed by atoms with E-state index in [0.29, 0.717) is 37.3 Å². The zero-order valence-corrected chi connectivity index (χ0v) is 25.6. The van der Waals surface area contributed by atoms with Gasteiger partial charge in [-0.05, 0) is 89.1 Å². The molecule has 1 N–H and O–H groups in total. The Balaban J connectivity index is 1.73. The normalized spacial score (nSPS) is 14.5. The summed E-state index contributed by atoms with van der Waals surface area (Å²) in [4.78, 5) is 14.5. The molecule has 6 nitrogen and oxygen atoms in total. The summed E-state index contributed by atoms with van der Waals surface area (Å²) in [6.45, 7) is 11.8. The Kier molecular flexibility index (Phi) is 10.7. The van der Waals surface area contributed by atoms with E-state index in [0.717, 1.165) is 17.2 Å². The number of benzene rings is 2. The Labute approximate surface area is 253 Å². The molecule has 2 aromatic carbocycles. The lowest BCUT2D eigenvalue weighted by atomic mass is 10.1. The number of hydrogen-bond donors (Lipinski definition) is 1. The number of anilines is 1. The van der Waals surface area contributed by atoms with E-state index in [1.54, 1.807) is 58.9 Å². The van der Waals surface area contributed by atoms with E-state index >= 15 is 0 Å². The van der Waals surface area contributed by atoms with Crippen molar-refractivity contribution in [1.29, 1.82) is 0 Å². The van der Waals surface area contributed by atoms with Crippen molar-refractivity contribution in [2.24, 2.45) is 0 Å². The zero-order valence-electron chi connectivity index (χ0n) is 25.6. The zero-order chi connectivity index (χ0) is 32.9. The molecule has 2 aromatic rings. The fourth-order valence-corrected chi connectivity index (χ4v) is 4.19. The van der Waals surface area contributed by atoms with Gasteiger partial charge >= 0.3 is 18.3 Å². The molecule has 0 atom stereocenters. The largest absolute Gasteiger partial charge is 0.492 e. The first-order valence-corrected chi connectivity index (χ1v) is 14.0. The molecule has 0 fully saturated rings. The molecule has 0 unspecified atom stereocenters. The van der Waals surface area contributed by atoms with Crippen LogP contribution in [0, 0.1) is 0 Å². The molecule has 1 aliphatic heterocycles. The third-order valence-electron chi connectivity index (χ3n) is 6.41. The number of carbonyl (C=O) groups excluding carboxylic acids is 1. The smallest absolute Gasteiger partial charge is 0.418 e. The Hall–Kier alpha value is -3.67. The van der Waals surface area contributed by atoms with Gasteiger partial charge in [-0.1, -0.05) is 18.2 Å². The molecule has 242 valence electrons. The monoisotopic (exact) mass is 628 g/mol. The number of halogens is 6.